The zero-order valence-corrected chi connectivity index (χ0v) is 10.4. The van der Waals surface area contributed by atoms with Crippen molar-refractivity contribution < 1.29 is 9.90 Å². The van der Waals surface area contributed by atoms with Crippen LogP contribution in [0.2, 0.25) is 0 Å². The van der Waals surface area contributed by atoms with Gasteiger partial charge in [0, 0.05) is 35.3 Å². The number of aromatic amines is 1. The molecule has 0 bridgehead atoms. The fourth-order valence-electron chi connectivity index (χ4n) is 1.97. The van der Waals surface area contributed by atoms with Gasteiger partial charge in [0.25, 0.3) is 5.91 Å². The molecule has 0 saturated heterocycles. The topological polar surface area (TPSA) is 65.1 Å². The molecular weight excluding hydrogens is 228 g/mol. The summed E-state index contributed by atoms with van der Waals surface area (Å²) in [6.07, 6.45) is 3.35. The number of amides is 1. The first-order valence-electron chi connectivity index (χ1n) is 6.19. The van der Waals surface area contributed by atoms with Gasteiger partial charge in [0.2, 0.25) is 0 Å². The number of aromatic nitrogens is 1. The Balaban J connectivity index is 2.03. The average molecular weight is 246 g/mol. The van der Waals surface area contributed by atoms with Crippen LogP contribution in [-0.4, -0.2) is 28.6 Å². The van der Waals surface area contributed by atoms with Gasteiger partial charge in [0.1, 0.15) is 0 Å². The van der Waals surface area contributed by atoms with Crippen molar-refractivity contribution in [2.45, 2.75) is 25.8 Å². The summed E-state index contributed by atoms with van der Waals surface area (Å²) in [6.45, 7) is 2.11. The molecule has 0 saturated carbocycles. The average Bonchev–Trinajstić information content (AvgIpc) is 2.83. The van der Waals surface area contributed by atoms with E-state index in [4.69, 9.17) is 5.11 Å². The maximum absolute atomic E-state index is 12.0. The van der Waals surface area contributed by atoms with Gasteiger partial charge in [-0.05, 0) is 44.0 Å². The van der Waals surface area contributed by atoms with Crippen LogP contribution in [0.1, 0.15) is 30.1 Å². The highest BCUT2D eigenvalue weighted by Gasteiger charge is 2.10. The molecule has 3 N–H and O–H groups in total. The highest BCUT2D eigenvalue weighted by Crippen LogP contribution is 2.14. The summed E-state index contributed by atoms with van der Waals surface area (Å²) < 4.78 is 0. The van der Waals surface area contributed by atoms with Gasteiger partial charge in [0.05, 0.1) is 0 Å². The zero-order chi connectivity index (χ0) is 13.0. The van der Waals surface area contributed by atoms with Crippen molar-refractivity contribution in [1.82, 2.24) is 10.3 Å². The van der Waals surface area contributed by atoms with E-state index in [9.17, 15) is 4.79 Å². The van der Waals surface area contributed by atoms with E-state index in [-0.39, 0.29) is 18.6 Å². The van der Waals surface area contributed by atoms with Crippen molar-refractivity contribution in [3.8, 4) is 0 Å². The molecule has 1 atom stereocenters. The molecule has 96 valence electrons. The molecule has 0 radical (unpaired) electrons. The molecule has 0 aliphatic rings. The lowest BCUT2D eigenvalue weighted by Gasteiger charge is -2.13. The molecule has 0 aliphatic carbocycles. The first kappa shape index (κ1) is 12.6. The fraction of sp³-hybridized carbons (Fsp3) is 0.357. The molecule has 1 aromatic heterocycles. The molecule has 2 rings (SSSR count). The molecule has 1 amide bonds. The van der Waals surface area contributed by atoms with Gasteiger partial charge in [0.15, 0.2) is 0 Å². The lowest BCUT2D eigenvalue weighted by Crippen LogP contribution is -2.32. The minimum absolute atomic E-state index is 0.0662. The van der Waals surface area contributed by atoms with Crippen LogP contribution in [0, 0.1) is 0 Å². The molecule has 2 aromatic rings. The maximum Gasteiger partial charge on any atom is 0.251 e. The second kappa shape index (κ2) is 5.69. The summed E-state index contributed by atoms with van der Waals surface area (Å²) in [7, 11) is 0. The summed E-state index contributed by atoms with van der Waals surface area (Å²) in [5, 5.41) is 12.7. The molecule has 1 heterocycles. The predicted molar refractivity (Wildman–Crippen MR) is 71.5 cm³/mol. The minimum atomic E-state index is -0.0662. The number of benzene rings is 1. The summed E-state index contributed by atoms with van der Waals surface area (Å²) in [6, 6.07) is 7.61. The Morgan fingerprint density at radius 2 is 2.28 bits per heavy atom. The van der Waals surface area contributed by atoms with Gasteiger partial charge >= 0.3 is 0 Å². The van der Waals surface area contributed by atoms with Gasteiger partial charge < -0.3 is 15.4 Å². The van der Waals surface area contributed by atoms with Gasteiger partial charge in [-0.15, -0.1) is 0 Å². The van der Waals surface area contributed by atoms with Crippen molar-refractivity contribution in [2.75, 3.05) is 6.61 Å². The number of nitrogens with one attached hydrogen (secondary N) is 2. The monoisotopic (exact) mass is 246 g/mol. The Hall–Kier alpha value is -1.81. The van der Waals surface area contributed by atoms with Crippen molar-refractivity contribution in [2.24, 2.45) is 0 Å². The van der Waals surface area contributed by atoms with Crippen molar-refractivity contribution in [3.05, 3.63) is 36.0 Å². The number of hydrogen-bond donors (Lipinski definition) is 3. The standard InChI is InChI=1S/C14H18N2O2/c1-10(3-2-8-17)16-14(18)12-4-5-13-11(9-12)6-7-15-13/h4-7,9-10,15,17H,2-3,8H2,1H3,(H,16,18). The highest BCUT2D eigenvalue weighted by atomic mass is 16.2. The van der Waals surface area contributed by atoms with E-state index in [0.717, 1.165) is 17.3 Å². The van der Waals surface area contributed by atoms with Crippen LogP contribution >= 0.6 is 0 Å². The summed E-state index contributed by atoms with van der Waals surface area (Å²) in [4.78, 5) is 15.1. The van der Waals surface area contributed by atoms with E-state index in [1.807, 2.05) is 37.4 Å². The summed E-state index contributed by atoms with van der Waals surface area (Å²) in [5.41, 5.74) is 1.69. The predicted octanol–water partition coefficient (Wildman–Crippen LogP) is 2.06. The van der Waals surface area contributed by atoms with Crippen LogP contribution in [0.4, 0.5) is 0 Å². The van der Waals surface area contributed by atoms with Crippen molar-refractivity contribution in [1.29, 1.82) is 0 Å². The largest absolute Gasteiger partial charge is 0.396 e. The zero-order valence-electron chi connectivity index (χ0n) is 10.4. The number of aliphatic hydroxyl groups is 1. The first-order valence-corrected chi connectivity index (χ1v) is 6.19. The van der Waals surface area contributed by atoms with E-state index in [1.54, 1.807) is 0 Å². The molecular formula is C14H18N2O2. The number of carbonyl (C=O) groups is 1. The quantitative estimate of drug-likeness (QED) is 0.756. The maximum atomic E-state index is 12.0. The Labute approximate surface area is 106 Å². The molecule has 4 heteroatoms. The van der Waals surface area contributed by atoms with Gasteiger partial charge in [-0.1, -0.05) is 0 Å². The van der Waals surface area contributed by atoms with E-state index in [1.165, 1.54) is 0 Å². The smallest absolute Gasteiger partial charge is 0.251 e. The second-order valence-corrected chi connectivity index (χ2v) is 4.52. The molecule has 1 aromatic carbocycles. The molecule has 1 unspecified atom stereocenters. The van der Waals surface area contributed by atoms with E-state index < -0.39 is 0 Å². The van der Waals surface area contributed by atoms with Crippen LogP contribution in [0.3, 0.4) is 0 Å². The van der Waals surface area contributed by atoms with Gasteiger partial charge in [-0.2, -0.15) is 0 Å². The summed E-state index contributed by atoms with van der Waals surface area (Å²) >= 11 is 0. The summed E-state index contributed by atoms with van der Waals surface area (Å²) in [5.74, 6) is -0.0662. The number of hydrogen-bond acceptors (Lipinski definition) is 2. The Morgan fingerprint density at radius 3 is 3.06 bits per heavy atom. The fourth-order valence-corrected chi connectivity index (χ4v) is 1.97. The van der Waals surface area contributed by atoms with Crippen LogP contribution in [0.25, 0.3) is 10.9 Å². The second-order valence-electron chi connectivity index (χ2n) is 4.52. The molecule has 0 aliphatic heterocycles. The van der Waals surface area contributed by atoms with Crippen LogP contribution < -0.4 is 5.32 Å². The number of fused-ring (bicyclic) bond motifs is 1. The van der Waals surface area contributed by atoms with Crippen LogP contribution in [0.5, 0.6) is 0 Å². The minimum Gasteiger partial charge on any atom is -0.396 e. The van der Waals surface area contributed by atoms with Gasteiger partial charge in [-0.3, -0.25) is 4.79 Å². The molecule has 18 heavy (non-hydrogen) atoms. The molecule has 0 spiro atoms. The number of carbonyl (C=O) groups excluding carboxylic acids is 1. The number of rotatable bonds is 5. The third-order valence-electron chi connectivity index (χ3n) is 2.99. The Morgan fingerprint density at radius 1 is 1.44 bits per heavy atom. The van der Waals surface area contributed by atoms with E-state index in [2.05, 4.69) is 10.3 Å². The van der Waals surface area contributed by atoms with Crippen molar-refractivity contribution >= 4 is 16.8 Å². The number of H-pyrrole nitrogens is 1. The Bertz CT molecular complexity index is 533. The van der Waals surface area contributed by atoms with E-state index in [0.29, 0.717) is 12.0 Å². The molecule has 0 fully saturated rings. The third kappa shape index (κ3) is 2.90. The Kier molecular flexibility index (Phi) is 3.99. The van der Waals surface area contributed by atoms with Crippen LogP contribution in [-0.2, 0) is 0 Å². The lowest BCUT2D eigenvalue weighted by molar-refractivity contribution is 0.0936. The first-order chi connectivity index (χ1) is 8.70. The SMILES string of the molecule is CC(CCCO)NC(=O)c1ccc2[nH]ccc2c1. The van der Waals surface area contributed by atoms with Crippen molar-refractivity contribution in [3.63, 3.8) is 0 Å². The third-order valence-corrected chi connectivity index (χ3v) is 2.99. The highest BCUT2D eigenvalue weighted by molar-refractivity contribution is 5.98. The lowest BCUT2D eigenvalue weighted by atomic mass is 10.1. The molecule has 4 nitrogen and oxygen atoms in total. The number of aliphatic hydroxyl groups excluding tert-OH is 1. The van der Waals surface area contributed by atoms with Gasteiger partial charge in [-0.25, -0.2) is 0 Å². The van der Waals surface area contributed by atoms with E-state index >= 15 is 0 Å². The normalized spacial score (nSPS) is 12.6. The van der Waals surface area contributed by atoms with Crippen LogP contribution in [0.15, 0.2) is 30.5 Å².